The van der Waals surface area contributed by atoms with Crippen molar-refractivity contribution in [2.75, 3.05) is 17.7 Å². The molecule has 2 unspecified atom stereocenters. The van der Waals surface area contributed by atoms with Gasteiger partial charge < -0.3 is 15.8 Å². The number of carbonyl (C=O) groups excluding carboxylic acids is 2. The molecule has 0 spiro atoms. The van der Waals surface area contributed by atoms with Gasteiger partial charge >= 0.3 is 6.09 Å². The lowest BCUT2D eigenvalue weighted by molar-refractivity contribution is -0.117. The molecule has 6 rings (SSSR count). The van der Waals surface area contributed by atoms with Crippen molar-refractivity contribution in [3.63, 3.8) is 0 Å². The van der Waals surface area contributed by atoms with Crippen molar-refractivity contribution >= 4 is 39.2 Å². The average Bonchev–Trinajstić information content (AvgIpc) is 3.31. The van der Waals surface area contributed by atoms with Gasteiger partial charge in [0.2, 0.25) is 0 Å². The molecular formula is C35H33BrN4O3. The zero-order valence-corrected chi connectivity index (χ0v) is 25.8. The van der Waals surface area contributed by atoms with Gasteiger partial charge in [0.05, 0.1) is 28.9 Å². The number of nitrogen functional groups attached to an aromatic ring is 1. The maximum absolute atomic E-state index is 13.5. The Morgan fingerprint density at radius 1 is 1.12 bits per heavy atom. The van der Waals surface area contributed by atoms with E-state index in [0.717, 1.165) is 52.9 Å². The number of benzene rings is 3. The van der Waals surface area contributed by atoms with Crippen LogP contribution in [-0.2, 0) is 9.53 Å². The molecule has 8 heteroatoms. The summed E-state index contributed by atoms with van der Waals surface area (Å²) in [5.41, 5.74) is 15.0. The smallest absolute Gasteiger partial charge is 0.411 e. The number of allylic oxidation sites excluding steroid dienone is 4. The van der Waals surface area contributed by atoms with Crippen LogP contribution in [0, 0.1) is 17.2 Å². The van der Waals surface area contributed by atoms with Crippen LogP contribution in [0.1, 0.15) is 68.1 Å². The Kier molecular flexibility index (Phi) is 7.85. The molecule has 0 bridgehead atoms. The van der Waals surface area contributed by atoms with Crippen molar-refractivity contribution in [2.24, 2.45) is 5.92 Å². The molecule has 0 aromatic heterocycles. The van der Waals surface area contributed by atoms with Gasteiger partial charge in [-0.05, 0) is 81.6 Å². The standard InChI is InChI=1S/C35H33BrN4O3/c1-3-8-20-13-29-33(31(41)14-20)32(26(17-37)19(2)39-29)21-15-28(36)34(38)30(16-21)40-35(42)43-18-27-24-11-6-4-9-22(24)23-10-5-7-12-25(23)27/h4-7,9-12,15-16,20,27,32,39H,3,8,13-14,18,38H2,1-2H3,(H,40,42). The Morgan fingerprint density at radius 2 is 1.79 bits per heavy atom. The van der Waals surface area contributed by atoms with E-state index in [1.807, 2.05) is 37.3 Å². The molecule has 0 radical (unpaired) electrons. The molecule has 4 N–H and O–H groups in total. The fourth-order valence-electron chi connectivity index (χ4n) is 6.87. The van der Waals surface area contributed by atoms with E-state index in [-0.39, 0.29) is 24.2 Å². The van der Waals surface area contributed by atoms with E-state index in [0.29, 0.717) is 39.0 Å². The number of halogens is 1. The molecule has 0 saturated heterocycles. The zero-order valence-electron chi connectivity index (χ0n) is 24.2. The van der Waals surface area contributed by atoms with Gasteiger partial charge in [-0.3, -0.25) is 10.1 Å². The van der Waals surface area contributed by atoms with Crippen molar-refractivity contribution in [3.8, 4) is 17.2 Å². The molecule has 1 heterocycles. The van der Waals surface area contributed by atoms with E-state index in [2.05, 4.69) is 63.8 Å². The van der Waals surface area contributed by atoms with Gasteiger partial charge in [-0.1, -0.05) is 61.9 Å². The Hall–Kier alpha value is -4.35. The second-order valence-electron chi connectivity index (χ2n) is 11.5. The van der Waals surface area contributed by atoms with Crippen LogP contribution in [-0.4, -0.2) is 18.5 Å². The first-order valence-corrected chi connectivity index (χ1v) is 15.4. The van der Waals surface area contributed by atoms with Crippen LogP contribution >= 0.6 is 15.9 Å². The van der Waals surface area contributed by atoms with Crippen molar-refractivity contribution < 1.29 is 14.3 Å². The molecule has 1 aliphatic heterocycles. The van der Waals surface area contributed by atoms with E-state index >= 15 is 0 Å². The van der Waals surface area contributed by atoms with Crippen molar-refractivity contribution in [2.45, 2.75) is 51.4 Å². The van der Waals surface area contributed by atoms with Gasteiger partial charge in [-0.2, -0.15) is 5.26 Å². The number of nitrogens with two attached hydrogens (primary N) is 1. The number of amides is 1. The third-order valence-electron chi connectivity index (χ3n) is 8.80. The summed E-state index contributed by atoms with van der Waals surface area (Å²) in [6.45, 7) is 4.16. The molecule has 3 aliphatic rings. The van der Waals surface area contributed by atoms with E-state index in [9.17, 15) is 14.9 Å². The molecule has 3 aromatic rings. The predicted octanol–water partition coefficient (Wildman–Crippen LogP) is 7.91. The molecule has 218 valence electrons. The number of hydrogen-bond donors (Lipinski definition) is 3. The number of rotatable bonds is 6. The highest BCUT2D eigenvalue weighted by atomic mass is 79.9. The van der Waals surface area contributed by atoms with Crippen LogP contribution in [0.4, 0.5) is 16.2 Å². The summed E-state index contributed by atoms with van der Waals surface area (Å²) in [7, 11) is 0. The summed E-state index contributed by atoms with van der Waals surface area (Å²) in [5, 5.41) is 16.3. The number of anilines is 2. The molecule has 2 atom stereocenters. The lowest BCUT2D eigenvalue weighted by Gasteiger charge is -2.35. The minimum Gasteiger partial charge on any atom is -0.448 e. The largest absolute Gasteiger partial charge is 0.448 e. The minimum absolute atomic E-state index is 0.0523. The maximum Gasteiger partial charge on any atom is 0.411 e. The highest BCUT2D eigenvalue weighted by molar-refractivity contribution is 9.10. The molecule has 0 fully saturated rings. The van der Waals surface area contributed by atoms with E-state index in [4.69, 9.17) is 10.5 Å². The fraction of sp³-hybridized carbons (Fsp3) is 0.286. The highest BCUT2D eigenvalue weighted by Gasteiger charge is 2.39. The molecule has 3 aromatic carbocycles. The summed E-state index contributed by atoms with van der Waals surface area (Å²) in [6, 6.07) is 22.2. The van der Waals surface area contributed by atoms with Crippen LogP contribution in [0.5, 0.6) is 0 Å². The van der Waals surface area contributed by atoms with E-state index < -0.39 is 12.0 Å². The predicted molar refractivity (Wildman–Crippen MR) is 171 cm³/mol. The number of nitrogens with one attached hydrogen (secondary N) is 2. The third-order valence-corrected chi connectivity index (χ3v) is 9.45. The molecular weight excluding hydrogens is 604 g/mol. The Morgan fingerprint density at radius 3 is 2.44 bits per heavy atom. The van der Waals surface area contributed by atoms with Crippen molar-refractivity contribution in [1.29, 1.82) is 5.26 Å². The van der Waals surface area contributed by atoms with Gasteiger partial charge in [0, 0.05) is 33.8 Å². The highest BCUT2D eigenvalue weighted by Crippen LogP contribution is 2.47. The van der Waals surface area contributed by atoms with E-state index in [1.54, 1.807) is 6.07 Å². The first-order chi connectivity index (χ1) is 20.8. The summed E-state index contributed by atoms with van der Waals surface area (Å²) in [6.07, 6.45) is 2.58. The van der Waals surface area contributed by atoms with Crippen LogP contribution in [0.25, 0.3) is 11.1 Å². The molecule has 1 amide bonds. The Bertz CT molecular complexity index is 1710. The van der Waals surface area contributed by atoms with E-state index in [1.165, 1.54) is 0 Å². The monoisotopic (exact) mass is 636 g/mol. The third kappa shape index (κ3) is 5.23. The SMILES string of the molecule is CCCC1CC(=O)C2=C(C1)NC(C)=C(C#N)C2c1cc(Br)c(N)c(NC(=O)OCC2c3ccccc3-c3ccccc32)c1. The lowest BCUT2D eigenvalue weighted by Crippen LogP contribution is -2.34. The van der Waals surface area contributed by atoms with Gasteiger partial charge in [0.15, 0.2) is 5.78 Å². The molecule has 43 heavy (non-hydrogen) atoms. The average molecular weight is 638 g/mol. The van der Waals surface area contributed by atoms with Crippen LogP contribution in [0.3, 0.4) is 0 Å². The summed E-state index contributed by atoms with van der Waals surface area (Å²) in [5.74, 6) is -0.300. The number of carbonyl (C=O) groups is 2. The summed E-state index contributed by atoms with van der Waals surface area (Å²) >= 11 is 3.54. The second-order valence-corrected chi connectivity index (χ2v) is 12.4. The maximum atomic E-state index is 13.5. The number of ketones is 1. The normalized spacial score (nSPS) is 19.3. The van der Waals surface area contributed by atoms with Gasteiger partial charge in [-0.15, -0.1) is 0 Å². The van der Waals surface area contributed by atoms with Crippen LogP contribution in [0.2, 0.25) is 0 Å². The van der Waals surface area contributed by atoms with Crippen LogP contribution < -0.4 is 16.4 Å². The summed E-state index contributed by atoms with van der Waals surface area (Å²) in [4.78, 5) is 26.7. The number of nitriles is 1. The number of ether oxygens (including phenoxy) is 1. The number of Topliss-reactive ketones (excluding diaryl/α,β-unsaturated/α-hetero) is 1. The number of dihydropyridines is 1. The van der Waals surface area contributed by atoms with Gasteiger partial charge in [0.1, 0.15) is 6.61 Å². The topological polar surface area (TPSA) is 117 Å². The summed E-state index contributed by atoms with van der Waals surface area (Å²) < 4.78 is 6.32. The lowest BCUT2D eigenvalue weighted by atomic mass is 9.72. The Labute approximate surface area is 259 Å². The van der Waals surface area contributed by atoms with Gasteiger partial charge in [0.25, 0.3) is 0 Å². The number of fused-ring (bicyclic) bond motifs is 3. The minimum atomic E-state index is -0.633. The molecule has 7 nitrogen and oxygen atoms in total. The first kappa shape index (κ1) is 28.8. The number of hydrogen-bond acceptors (Lipinski definition) is 6. The van der Waals surface area contributed by atoms with Crippen molar-refractivity contribution in [3.05, 3.63) is 104 Å². The quantitative estimate of drug-likeness (QED) is 0.237. The molecule has 0 saturated carbocycles. The number of nitrogens with zero attached hydrogens (tertiary/aromatic N) is 1. The van der Waals surface area contributed by atoms with Crippen LogP contribution in [0.15, 0.2) is 87.7 Å². The fourth-order valence-corrected chi connectivity index (χ4v) is 7.34. The zero-order chi connectivity index (χ0) is 30.2. The van der Waals surface area contributed by atoms with Gasteiger partial charge in [-0.25, -0.2) is 4.79 Å². The first-order valence-electron chi connectivity index (χ1n) is 14.7. The Balaban J connectivity index is 1.27. The molecule has 2 aliphatic carbocycles. The second kappa shape index (κ2) is 11.7. The van der Waals surface area contributed by atoms with Crippen molar-refractivity contribution in [1.82, 2.24) is 5.32 Å².